The highest BCUT2D eigenvalue weighted by molar-refractivity contribution is 8.23. The van der Waals surface area contributed by atoms with Crippen LogP contribution >= 0.6 is 21.9 Å². The van der Waals surface area contributed by atoms with E-state index in [1.54, 1.807) is 24.6 Å². The lowest BCUT2D eigenvalue weighted by Gasteiger charge is -2.25. The third-order valence-electron chi connectivity index (χ3n) is 5.64. The minimum atomic E-state index is -2.56. The summed E-state index contributed by atoms with van der Waals surface area (Å²) < 4.78 is 25.6. The van der Waals surface area contributed by atoms with Gasteiger partial charge in [-0.15, -0.1) is 0 Å². The Hall–Kier alpha value is -3.18. The van der Waals surface area contributed by atoms with Crippen LogP contribution in [0.4, 0.5) is 16.8 Å². The van der Waals surface area contributed by atoms with Crippen LogP contribution in [0, 0.1) is 6.92 Å². The molecule has 0 spiro atoms. The maximum absolute atomic E-state index is 10.0. The number of ether oxygens (including phenoxy) is 1. The fourth-order valence-electron chi connectivity index (χ4n) is 4.12. The standard InChI is InChI=1S/C25H27N5O3S2/c1-4-26-25-30-22(17-9-15(2)10-20(12-17)33-3)23(34-25)21-7-8-27-24(29-21)28-19-6-5-16-13-35(31,32)14-18(16)11-19/h5-12,31-32H,4,13-14H2,1-3H3,(H,26,30)(H,27,28,29). The highest BCUT2D eigenvalue weighted by Gasteiger charge is 2.25. The molecule has 0 aliphatic carbocycles. The fraction of sp³-hybridized carbons (Fsp3) is 0.240. The molecule has 1 aliphatic rings. The summed E-state index contributed by atoms with van der Waals surface area (Å²) in [7, 11) is -0.898. The van der Waals surface area contributed by atoms with Gasteiger partial charge in [-0.25, -0.2) is 15.0 Å². The lowest BCUT2D eigenvalue weighted by atomic mass is 10.1. The normalized spacial score (nSPS) is 14.9. The third-order valence-corrected chi connectivity index (χ3v) is 8.22. The SMILES string of the molecule is CCNc1nc(-c2cc(C)cc(OC)c2)c(-c2ccnc(Nc3ccc4c(c3)CS(O)(O)C4)n2)s1. The molecule has 4 aromatic rings. The van der Waals surface area contributed by atoms with Gasteiger partial charge in [-0.3, -0.25) is 9.11 Å². The Morgan fingerprint density at radius 1 is 1.06 bits per heavy atom. The molecular weight excluding hydrogens is 482 g/mol. The predicted molar refractivity (Wildman–Crippen MR) is 144 cm³/mol. The zero-order valence-corrected chi connectivity index (χ0v) is 21.3. The number of aromatic nitrogens is 3. The molecule has 0 unspecified atom stereocenters. The van der Waals surface area contributed by atoms with Crippen molar-refractivity contribution in [2.24, 2.45) is 0 Å². The summed E-state index contributed by atoms with van der Waals surface area (Å²) in [6, 6.07) is 13.7. The number of anilines is 3. The van der Waals surface area contributed by atoms with Crippen LogP contribution in [-0.2, 0) is 11.5 Å². The summed E-state index contributed by atoms with van der Waals surface area (Å²) in [4.78, 5) is 15.0. The molecule has 182 valence electrons. The summed E-state index contributed by atoms with van der Waals surface area (Å²) in [6.07, 6.45) is 1.72. The lowest BCUT2D eigenvalue weighted by molar-refractivity contribution is 0.414. The Kier molecular flexibility index (Phi) is 6.37. The van der Waals surface area contributed by atoms with Crippen LogP contribution < -0.4 is 15.4 Å². The van der Waals surface area contributed by atoms with Crippen molar-refractivity contribution in [1.82, 2.24) is 15.0 Å². The molecule has 0 saturated heterocycles. The first kappa shape index (κ1) is 23.6. The van der Waals surface area contributed by atoms with Gasteiger partial charge in [0.05, 0.1) is 34.9 Å². The minimum Gasteiger partial charge on any atom is -0.497 e. The van der Waals surface area contributed by atoms with E-state index < -0.39 is 10.6 Å². The van der Waals surface area contributed by atoms with Gasteiger partial charge in [-0.2, -0.15) is 10.6 Å². The minimum absolute atomic E-state index is 0.288. The summed E-state index contributed by atoms with van der Waals surface area (Å²) in [6.45, 7) is 4.84. The van der Waals surface area contributed by atoms with E-state index in [4.69, 9.17) is 14.7 Å². The number of thiazole rings is 1. The molecule has 0 saturated carbocycles. The first-order valence-corrected chi connectivity index (χ1v) is 13.9. The van der Waals surface area contributed by atoms with Gasteiger partial charge in [0.2, 0.25) is 5.95 Å². The molecule has 0 atom stereocenters. The van der Waals surface area contributed by atoms with Crippen molar-refractivity contribution in [2.75, 3.05) is 24.3 Å². The van der Waals surface area contributed by atoms with Crippen LogP contribution in [0.5, 0.6) is 5.75 Å². The van der Waals surface area contributed by atoms with Crippen molar-refractivity contribution < 1.29 is 13.8 Å². The maximum Gasteiger partial charge on any atom is 0.227 e. The monoisotopic (exact) mass is 509 g/mol. The van der Waals surface area contributed by atoms with Crippen molar-refractivity contribution in [3.63, 3.8) is 0 Å². The van der Waals surface area contributed by atoms with Gasteiger partial charge in [0.25, 0.3) is 0 Å². The second-order valence-corrected chi connectivity index (χ2v) is 11.6. The summed E-state index contributed by atoms with van der Waals surface area (Å²) in [5.41, 5.74) is 6.36. The highest BCUT2D eigenvalue weighted by Crippen LogP contribution is 2.53. The second-order valence-electron chi connectivity index (χ2n) is 8.43. The Balaban J connectivity index is 1.49. The van der Waals surface area contributed by atoms with Gasteiger partial charge < -0.3 is 15.4 Å². The molecule has 2 aromatic heterocycles. The molecular formula is C25H27N5O3S2. The zero-order chi connectivity index (χ0) is 24.6. The maximum atomic E-state index is 10.0. The van der Waals surface area contributed by atoms with Crippen LogP contribution in [0.3, 0.4) is 0 Å². The second kappa shape index (κ2) is 9.46. The van der Waals surface area contributed by atoms with E-state index in [2.05, 4.69) is 21.7 Å². The number of aryl methyl sites for hydroxylation is 1. The molecule has 10 heteroatoms. The molecule has 1 aliphatic heterocycles. The first-order chi connectivity index (χ1) is 16.8. The van der Waals surface area contributed by atoms with Gasteiger partial charge in [-0.1, -0.05) is 17.4 Å². The molecule has 0 amide bonds. The van der Waals surface area contributed by atoms with Crippen molar-refractivity contribution in [2.45, 2.75) is 25.4 Å². The fourth-order valence-corrected chi connectivity index (χ4v) is 6.79. The van der Waals surface area contributed by atoms with Crippen LogP contribution in [0.1, 0.15) is 23.6 Å². The molecule has 5 rings (SSSR count). The first-order valence-electron chi connectivity index (χ1n) is 11.2. The molecule has 4 N–H and O–H groups in total. The highest BCUT2D eigenvalue weighted by atomic mass is 32.3. The number of rotatable bonds is 7. The largest absolute Gasteiger partial charge is 0.497 e. The van der Waals surface area contributed by atoms with Crippen LogP contribution in [0.25, 0.3) is 21.8 Å². The smallest absolute Gasteiger partial charge is 0.227 e. The van der Waals surface area contributed by atoms with E-state index in [1.807, 2.05) is 50.2 Å². The number of benzene rings is 2. The summed E-state index contributed by atoms with van der Waals surface area (Å²) >= 11 is 1.55. The predicted octanol–water partition coefficient (Wildman–Crippen LogP) is 6.52. The van der Waals surface area contributed by atoms with Crippen molar-refractivity contribution in [3.05, 3.63) is 65.4 Å². The van der Waals surface area contributed by atoms with Gasteiger partial charge in [0.15, 0.2) is 5.13 Å². The Morgan fingerprint density at radius 3 is 2.69 bits per heavy atom. The number of hydrogen-bond acceptors (Lipinski definition) is 9. The van der Waals surface area contributed by atoms with E-state index in [9.17, 15) is 9.11 Å². The average Bonchev–Trinajstić information content (AvgIpc) is 3.38. The average molecular weight is 510 g/mol. The number of nitrogens with zero attached hydrogens (tertiary/aromatic N) is 3. The quantitative estimate of drug-likeness (QED) is 0.223. The summed E-state index contributed by atoms with van der Waals surface area (Å²) in [5, 5.41) is 7.40. The van der Waals surface area contributed by atoms with E-state index >= 15 is 0 Å². The van der Waals surface area contributed by atoms with Crippen molar-refractivity contribution in [3.8, 4) is 27.6 Å². The zero-order valence-electron chi connectivity index (χ0n) is 19.7. The van der Waals surface area contributed by atoms with Gasteiger partial charge in [-0.05, 0) is 66.9 Å². The Morgan fingerprint density at radius 2 is 1.89 bits per heavy atom. The van der Waals surface area contributed by atoms with Gasteiger partial charge in [0, 0.05) is 24.0 Å². The molecule has 0 fully saturated rings. The molecule has 3 heterocycles. The Bertz CT molecular complexity index is 1390. The summed E-state index contributed by atoms with van der Waals surface area (Å²) in [5.74, 6) is 1.84. The van der Waals surface area contributed by atoms with Crippen LogP contribution in [-0.4, -0.2) is 37.7 Å². The molecule has 8 nitrogen and oxygen atoms in total. The number of hydrogen-bond donors (Lipinski definition) is 4. The van der Waals surface area contributed by atoms with Crippen LogP contribution in [0.15, 0.2) is 48.7 Å². The lowest BCUT2D eigenvalue weighted by Crippen LogP contribution is -1.99. The van der Waals surface area contributed by atoms with E-state index in [0.29, 0.717) is 11.7 Å². The van der Waals surface area contributed by atoms with Crippen LogP contribution in [0.2, 0.25) is 0 Å². The molecule has 2 aromatic carbocycles. The van der Waals surface area contributed by atoms with E-state index in [1.165, 1.54) is 0 Å². The number of nitrogens with one attached hydrogen (secondary N) is 2. The molecule has 0 radical (unpaired) electrons. The van der Waals surface area contributed by atoms with E-state index in [0.717, 1.165) is 61.6 Å². The molecule has 35 heavy (non-hydrogen) atoms. The Labute approximate surface area is 209 Å². The van der Waals surface area contributed by atoms with Gasteiger partial charge in [0.1, 0.15) is 5.75 Å². The number of fused-ring (bicyclic) bond motifs is 1. The third kappa shape index (κ3) is 5.10. The number of methoxy groups -OCH3 is 1. The topological polar surface area (TPSA) is 112 Å². The van der Waals surface area contributed by atoms with E-state index in [-0.39, 0.29) is 5.75 Å². The molecule has 0 bridgehead atoms. The van der Waals surface area contributed by atoms with Crippen molar-refractivity contribution in [1.29, 1.82) is 0 Å². The van der Waals surface area contributed by atoms with Crippen molar-refractivity contribution >= 4 is 38.7 Å². The van der Waals surface area contributed by atoms with Gasteiger partial charge >= 0.3 is 0 Å².